The maximum Gasteiger partial charge on any atom is 0.193 e. The van der Waals surface area contributed by atoms with Crippen LogP contribution in [0.15, 0.2) is 24.0 Å². The standard InChI is InChI=1S/C13H18N6S/c1-13(2,3)14-6-10-8-19(17-16-10)9-11-7-18-4-5-20-12(18)15-11/h4-5,7-8,14H,6,9H2,1-3H3. The van der Waals surface area contributed by atoms with Crippen LogP contribution in [0.1, 0.15) is 32.2 Å². The molecule has 3 aromatic rings. The van der Waals surface area contributed by atoms with Crippen molar-refractivity contribution in [2.24, 2.45) is 0 Å². The van der Waals surface area contributed by atoms with Crippen LogP contribution in [0, 0.1) is 0 Å². The number of nitrogens with one attached hydrogen (secondary N) is 1. The predicted molar refractivity (Wildman–Crippen MR) is 78.8 cm³/mol. The molecular weight excluding hydrogens is 272 g/mol. The Morgan fingerprint density at radius 1 is 1.25 bits per heavy atom. The minimum Gasteiger partial charge on any atom is -0.306 e. The molecule has 106 valence electrons. The van der Waals surface area contributed by atoms with Crippen molar-refractivity contribution in [3.05, 3.63) is 35.4 Å². The van der Waals surface area contributed by atoms with Crippen molar-refractivity contribution < 1.29 is 0 Å². The lowest BCUT2D eigenvalue weighted by Crippen LogP contribution is -2.35. The normalized spacial score (nSPS) is 12.3. The Kier molecular flexibility index (Phi) is 3.31. The van der Waals surface area contributed by atoms with Gasteiger partial charge in [-0.05, 0) is 20.8 Å². The van der Waals surface area contributed by atoms with E-state index < -0.39 is 0 Å². The summed E-state index contributed by atoms with van der Waals surface area (Å²) in [5.74, 6) is 0. The lowest BCUT2D eigenvalue weighted by molar-refractivity contribution is 0.421. The summed E-state index contributed by atoms with van der Waals surface area (Å²) in [4.78, 5) is 5.55. The van der Waals surface area contributed by atoms with E-state index in [4.69, 9.17) is 0 Å². The average Bonchev–Trinajstić information content (AvgIpc) is 3.01. The highest BCUT2D eigenvalue weighted by Crippen LogP contribution is 2.12. The Hall–Kier alpha value is -1.73. The van der Waals surface area contributed by atoms with Crippen LogP contribution in [0.2, 0.25) is 0 Å². The van der Waals surface area contributed by atoms with E-state index in [1.165, 1.54) is 0 Å². The van der Waals surface area contributed by atoms with Gasteiger partial charge in [-0.3, -0.25) is 4.40 Å². The molecule has 0 aliphatic rings. The molecule has 3 rings (SSSR count). The highest BCUT2D eigenvalue weighted by Gasteiger charge is 2.10. The molecule has 0 aliphatic heterocycles. The molecular formula is C13H18N6S. The van der Waals surface area contributed by atoms with E-state index in [0.717, 1.165) is 22.9 Å². The predicted octanol–water partition coefficient (Wildman–Crippen LogP) is 1.92. The van der Waals surface area contributed by atoms with Gasteiger partial charge in [0.05, 0.1) is 24.1 Å². The first kappa shape index (κ1) is 13.3. The molecule has 0 amide bonds. The quantitative estimate of drug-likeness (QED) is 0.797. The van der Waals surface area contributed by atoms with Crippen molar-refractivity contribution in [1.29, 1.82) is 0 Å². The summed E-state index contributed by atoms with van der Waals surface area (Å²) in [6.45, 7) is 7.78. The molecule has 0 radical (unpaired) electrons. The van der Waals surface area contributed by atoms with E-state index in [1.54, 1.807) is 11.3 Å². The van der Waals surface area contributed by atoms with Gasteiger partial charge in [0.25, 0.3) is 0 Å². The van der Waals surface area contributed by atoms with Crippen LogP contribution in [0.25, 0.3) is 4.96 Å². The second kappa shape index (κ2) is 4.99. The van der Waals surface area contributed by atoms with E-state index in [1.807, 2.05) is 33.1 Å². The van der Waals surface area contributed by atoms with Crippen LogP contribution >= 0.6 is 11.3 Å². The molecule has 3 aromatic heterocycles. The molecule has 0 unspecified atom stereocenters. The monoisotopic (exact) mass is 290 g/mol. The van der Waals surface area contributed by atoms with E-state index >= 15 is 0 Å². The molecule has 7 heteroatoms. The number of fused-ring (bicyclic) bond motifs is 1. The maximum atomic E-state index is 4.54. The number of imidazole rings is 1. The van der Waals surface area contributed by atoms with Gasteiger partial charge in [0, 0.05) is 29.9 Å². The Morgan fingerprint density at radius 3 is 2.85 bits per heavy atom. The number of nitrogens with zero attached hydrogens (tertiary/aromatic N) is 5. The smallest absolute Gasteiger partial charge is 0.193 e. The van der Waals surface area contributed by atoms with Gasteiger partial charge in [-0.15, -0.1) is 16.4 Å². The van der Waals surface area contributed by atoms with Gasteiger partial charge in [-0.1, -0.05) is 5.21 Å². The van der Waals surface area contributed by atoms with Gasteiger partial charge >= 0.3 is 0 Å². The molecule has 0 spiro atoms. The Balaban J connectivity index is 1.66. The molecule has 20 heavy (non-hydrogen) atoms. The van der Waals surface area contributed by atoms with E-state index in [-0.39, 0.29) is 5.54 Å². The van der Waals surface area contributed by atoms with Crippen LogP contribution < -0.4 is 5.32 Å². The van der Waals surface area contributed by atoms with Crippen molar-refractivity contribution in [3.63, 3.8) is 0 Å². The highest BCUT2D eigenvalue weighted by atomic mass is 32.1. The summed E-state index contributed by atoms with van der Waals surface area (Å²) in [6, 6.07) is 0. The zero-order chi connectivity index (χ0) is 14.2. The zero-order valence-electron chi connectivity index (χ0n) is 11.9. The van der Waals surface area contributed by atoms with Crippen molar-refractivity contribution >= 4 is 16.3 Å². The molecule has 0 aliphatic carbocycles. The fourth-order valence-corrected chi connectivity index (χ4v) is 2.59. The van der Waals surface area contributed by atoms with Crippen LogP contribution in [-0.2, 0) is 13.1 Å². The summed E-state index contributed by atoms with van der Waals surface area (Å²) in [6.07, 6.45) is 6.00. The number of thiazole rings is 1. The minimum atomic E-state index is 0.0814. The number of hydrogen-bond donors (Lipinski definition) is 1. The fourth-order valence-electron chi connectivity index (χ4n) is 1.87. The van der Waals surface area contributed by atoms with Crippen LogP contribution in [0.4, 0.5) is 0 Å². The topological polar surface area (TPSA) is 60.0 Å². The molecule has 0 saturated heterocycles. The third-order valence-corrected chi connectivity index (χ3v) is 3.62. The summed E-state index contributed by atoms with van der Waals surface area (Å²) in [5.41, 5.74) is 2.02. The van der Waals surface area contributed by atoms with Crippen molar-refractivity contribution in [3.8, 4) is 0 Å². The van der Waals surface area contributed by atoms with Crippen molar-refractivity contribution in [2.75, 3.05) is 0 Å². The number of aromatic nitrogens is 5. The van der Waals surface area contributed by atoms with Gasteiger partial charge < -0.3 is 5.32 Å². The first-order chi connectivity index (χ1) is 9.49. The Labute approximate surface area is 121 Å². The second-order valence-corrected chi connectivity index (χ2v) is 6.71. The molecule has 3 heterocycles. The minimum absolute atomic E-state index is 0.0814. The molecule has 6 nitrogen and oxygen atoms in total. The van der Waals surface area contributed by atoms with Crippen LogP contribution in [0.5, 0.6) is 0 Å². The van der Waals surface area contributed by atoms with Crippen molar-refractivity contribution in [2.45, 2.75) is 39.4 Å². The highest BCUT2D eigenvalue weighted by molar-refractivity contribution is 7.15. The summed E-state index contributed by atoms with van der Waals surface area (Å²) in [7, 11) is 0. The third kappa shape index (κ3) is 3.05. The lowest BCUT2D eigenvalue weighted by Gasteiger charge is -2.19. The van der Waals surface area contributed by atoms with Gasteiger partial charge in [-0.25, -0.2) is 9.67 Å². The molecule has 0 aromatic carbocycles. The summed E-state index contributed by atoms with van der Waals surface area (Å²) >= 11 is 1.63. The second-order valence-electron chi connectivity index (χ2n) is 5.84. The largest absolute Gasteiger partial charge is 0.306 e. The van der Waals surface area contributed by atoms with Crippen molar-refractivity contribution in [1.82, 2.24) is 29.7 Å². The summed E-state index contributed by atoms with van der Waals surface area (Å²) < 4.78 is 3.85. The van der Waals surface area contributed by atoms with E-state index in [9.17, 15) is 0 Å². The maximum absolute atomic E-state index is 4.54. The van der Waals surface area contributed by atoms with Gasteiger partial charge in [0.2, 0.25) is 0 Å². The molecule has 0 atom stereocenters. The lowest BCUT2D eigenvalue weighted by atomic mass is 10.1. The fraction of sp³-hybridized carbons (Fsp3) is 0.462. The van der Waals surface area contributed by atoms with Crippen LogP contribution in [0.3, 0.4) is 0 Å². The molecule has 0 bridgehead atoms. The van der Waals surface area contributed by atoms with Gasteiger partial charge in [0.15, 0.2) is 4.96 Å². The summed E-state index contributed by atoms with van der Waals surface area (Å²) in [5, 5.41) is 13.7. The first-order valence-corrected chi connectivity index (χ1v) is 7.43. The van der Waals surface area contributed by atoms with E-state index in [0.29, 0.717) is 6.54 Å². The molecule has 1 N–H and O–H groups in total. The number of hydrogen-bond acceptors (Lipinski definition) is 5. The Morgan fingerprint density at radius 2 is 2.10 bits per heavy atom. The van der Waals surface area contributed by atoms with Gasteiger partial charge in [-0.2, -0.15) is 0 Å². The molecule has 0 fully saturated rings. The first-order valence-electron chi connectivity index (χ1n) is 6.55. The Bertz CT molecular complexity index is 673. The number of rotatable bonds is 4. The van der Waals surface area contributed by atoms with Gasteiger partial charge in [0.1, 0.15) is 0 Å². The average molecular weight is 290 g/mol. The third-order valence-electron chi connectivity index (χ3n) is 2.85. The molecule has 0 saturated carbocycles. The van der Waals surface area contributed by atoms with E-state index in [2.05, 4.69) is 41.4 Å². The zero-order valence-corrected chi connectivity index (χ0v) is 12.7. The SMILES string of the molecule is CC(C)(C)NCc1cn(Cc2cn3ccsc3n2)nn1. The van der Waals surface area contributed by atoms with Crippen LogP contribution in [-0.4, -0.2) is 29.9 Å².